The van der Waals surface area contributed by atoms with Crippen molar-refractivity contribution in [1.82, 2.24) is 0 Å². The van der Waals surface area contributed by atoms with Gasteiger partial charge in [-0.2, -0.15) is 0 Å². The third-order valence-corrected chi connectivity index (χ3v) is 2.95. The van der Waals surface area contributed by atoms with Gasteiger partial charge in [-0.3, -0.25) is 0 Å². The van der Waals surface area contributed by atoms with E-state index >= 15 is 0 Å². The average molecular weight is 360 g/mol. The van der Waals surface area contributed by atoms with Crippen molar-refractivity contribution in [3.05, 3.63) is 28.8 Å². The van der Waals surface area contributed by atoms with Crippen molar-refractivity contribution in [1.29, 1.82) is 0 Å². The summed E-state index contributed by atoms with van der Waals surface area (Å²) in [7, 11) is 0. The Bertz CT molecular complexity index is 445. The second kappa shape index (κ2) is 4.59. The van der Waals surface area contributed by atoms with Crippen molar-refractivity contribution in [3.63, 3.8) is 0 Å². The van der Waals surface area contributed by atoms with E-state index in [-0.39, 0.29) is 12.1 Å². The molecule has 0 amide bonds. The fraction of sp³-hybridized carbons (Fsp3) is 0.333. The van der Waals surface area contributed by atoms with Crippen LogP contribution in [0.2, 0.25) is 0 Å². The zero-order chi connectivity index (χ0) is 15.2. The van der Waals surface area contributed by atoms with E-state index in [1.165, 1.54) is 16.0 Å². The van der Waals surface area contributed by atoms with E-state index in [9.17, 15) is 39.5 Å². The van der Waals surface area contributed by atoms with Gasteiger partial charge in [-0.25, -0.2) is 0 Å². The van der Waals surface area contributed by atoms with Gasteiger partial charge in [-0.1, -0.05) is 0 Å². The van der Waals surface area contributed by atoms with E-state index in [1.54, 1.807) is 0 Å². The first kappa shape index (κ1) is 16.2. The van der Waals surface area contributed by atoms with E-state index in [2.05, 4.69) is 0 Å². The van der Waals surface area contributed by atoms with Crippen LogP contribution in [0.3, 0.4) is 0 Å². The Hall–Kier alpha value is -0.891. The molecular formula is C9H2F9Se-. The number of rotatable bonds is 0. The Morgan fingerprint density at radius 2 is 0.947 bits per heavy atom. The predicted molar refractivity (Wildman–Crippen MR) is 46.8 cm³/mol. The number of halogens is 9. The van der Waals surface area contributed by atoms with Gasteiger partial charge >= 0.3 is 107 Å². The van der Waals surface area contributed by atoms with Crippen LogP contribution in [0.15, 0.2) is 12.1 Å². The van der Waals surface area contributed by atoms with Crippen molar-refractivity contribution in [2.75, 3.05) is 0 Å². The van der Waals surface area contributed by atoms with E-state index in [0.717, 1.165) is 0 Å². The van der Waals surface area contributed by atoms with Crippen LogP contribution < -0.4 is 4.46 Å². The first-order valence-electron chi connectivity index (χ1n) is 4.31. The maximum absolute atomic E-state index is 12.4. The molecule has 0 aliphatic carbocycles. The normalized spacial score (nSPS) is 13.7. The molecule has 0 saturated carbocycles. The van der Waals surface area contributed by atoms with Crippen LogP contribution in [0.4, 0.5) is 39.5 Å². The Morgan fingerprint density at radius 3 is 1.16 bits per heavy atom. The number of alkyl halides is 9. The predicted octanol–water partition coefficient (Wildman–Crippen LogP) is 3.54. The fourth-order valence-corrected chi connectivity index (χ4v) is 1.95. The van der Waals surface area contributed by atoms with Gasteiger partial charge in [0.2, 0.25) is 0 Å². The molecule has 1 aromatic rings. The van der Waals surface area contributed by atoms with E-state index in [0.29, 0.717) is 0 Å². The first-order valence-corrected chi connectivity index (χ1v) is 5.17. The van der Waals surface area contributed by atoms with E-state index in [1.807, 2.05) is 0 Å². The molecule has 0 spiro atoms. The third kappa shape index (κ3) is 3.56. The standard InChI is InChI=1S/C9H3F9Se/c10-7(11,12)3-1-4(8(13,14)15)6(19)5(2-3)9(16,17)18/h1-2,19H/p-1. The fourth-order valence-electron chi connectivity index (χ4n) is 1.21. The quantitative estimate of drug-likeness (QED) is 0.491. The molecular weight excluding hydrogens is 358 g/mol. The molecule has 0 fully saturated rings. The van der Waals surface area contributed by atoms with Crippen LogP contribution in [-0.4, -0.2) is 16.0 Å². The van der Waals surface area contributed by atoms with Gasteiger partial charge in [0.15, 0.2) is 0 Å². The summed E-state index contributed by atoms with van der Waals surface area (Å²) in [5.74, 6) is 0. The molecule has 0 heterocycles. The minimum atomic E-state index is -5.33. The molecule has 0 aromatic heterocycles. The van der Waals surface area contributed by atoms with E-state index in [4.69, 9.17) is 0 Å². The summed E-state index contributed by atoms with van der Waals surface area (Å²) < 4.78 is 110. The van der Waals surface area contributed by atoms with Crippen molar-refractivity contribution in [2.45, 2.75) is 18.5 Å². The van der Waals surface area contributed by atoms with Gasteiger partial charge in [0.25, 0.3) is 0 Å². The van der Waals surface area contributed by atoms with E-state index < -0.39 is 39.7 Å². The Labute approximate surface area is 108 Å². The molecule has 0 N–H and O–H groups in total. The third-order valence-electron chi connectivity index (χ3n) is 2.03. The van der Waals surface area contributed by atoms with Crippen molar-refractivity contribution in [2.24, 2.45) is 0 Å². The van der Waals surface area contributed by atoms with Crippen LogP contribution in [0.5, 0.6) is 0 Å². The topological polar surface area (TPSA) is 0 Å². The summed E-state index contributed by atoms with van der Waals surface area (Å²) in [6, 6.07) is -0.720. The van der Waals surface area contributed by atoms with Crippen molar-refractivity contribution >= 4 is 20.5 Å². The molecule has 0 bridgehead atoms. The van der Waals surface area contributed by atoms with Gasteiger partial charge in [-0.15, -0.1) is 0 Å². The summed E-state index contributed by atoms with van der Waals surface area (Å²) in [5.41, 5.74) is -6.02. The van der Waals surface area contributed by atoms with Crippen LogP contribution in [-0.2, 0) is 18.5 Å². The van der Waals surface area contributed by atoms with Crippen LogP contribution >= 0.6 is 0 Å². The Morgan fingerprint density at radius 1 is 0.632 bits per heavy atom. The maximum atomic E-state index is 12.4. The molecule has 1 rings (SSSR count). The second-order valence-corrected chi connectivity index (χ2v) is 4.25. The zero-order valence-corrected chi connectivity index (χ0v) is 10.2. The Kier molecular flexibility index (Phi) is 3.90. The second-order valence-electron chi connectivity index (χ2n) is 3.39. The number of hydrogen-bond donors (Lipinski definition) is 0. The molecule has 0 saturated heterocycles. The number of benzene rings is 1. The minimum absolute atomic E-state index is 0.360. The molecule has 10 heteroatoms. The molecule has 0 unspecified atom stereocenters. The molecule has 0 nitrogen and oxygen atoms in total. The molecule has 0 radical (unpaired) electrons. The monoisotopic (exact) mass is 361 g/mol. The summed E-state index contributed by atoms with van der Waals surface area (Å²) in [6.45, 7) is 0. The molecule has 0 aliphatic rings. The summed E-state index contributed by atoms with van der Waals surface area (Å²) in [6.07, 6.45) is -16.0. The van der Waals surface area contributed by atoms with Gasteiger partial charge in [0.1, 0.15) is 0 Å². The van der Waals surface area contributed by atoms with Crippen molar-refractivity contribution in [3.8, 4) is 0 Å². The van der Waals surface area contributed by atoms with Gasteiger partial charge in [0, 0.05) is 0 Å². The molecule has 108 valence electrons. The summed E-state index contributed by atoms with van der Waals surface area (Å²) >= 11 is 1.52. The zero-order valence-electron chi connectivity index (χ0n) is 8.46. The first-order chi connectivity index (χ1) is 8.24. The molecule has 19 heavy (non-hydrogen) atoms. The van der Waals surface area contributed by atoms with Gasteiger partial charge < -0.3 is 0 Å². The van der Waals surface area contributed by atoms with Crippen LogP contribution in [0.25, 0.3) is 0 Å². The van der Waals surface area contributed by atoms with Crippen LogP contribution in [0, 0.1) is 0 Å². The SMILES string of the molecule is FC(F)(F)c1cc(C(F)(F)F)c([Se-])c(C(F)(F)F)c1. The summed E-state index contributed by atoms with van der Waals surface area (Å²) in [4.78, 5) is 0. The molecule has 1 aromatic carbocycles. The molecule has 0 aliphatic heterocycles. The average Bonchev–Trinajstić information content (AvgIpc) is 2.11. The van der Waals surface area contributed by atoms with Gasteiger partial charge in [0.05, 0.1) is 0 Å². The summed E-state index contributed by atoms with van der Waals surface area (Å²) in [5, 5.41) is 0. The Balaban J connectivity index is 3.68. The molecule has 0 atom stereocenters. The van der Waals surface area contributed by atoms with Gasteiger partial charge in [-0.05, 0) is 0 Å². The van der Waals surface area contributed by atoms with Crippen LogP contribution in [0.1, 0.15) is 16.7 Å². The van der Waals surface area contributed by atoms with Crippen molar-refractivity contribution < 1.29 is 39.5 Å². The number of hydrogen-bond acceptors (Lipinski definition) is 0.